The van der Waals surface area contributed by atoms with Crippen LogP contribution in [-0.4, -0.2) is 36.1 Å². The Morgan fingerprint density at radius 1 is 1.24 bits per heavy atom. The van der Waals surface area contributed by atoms with E-state index in [0.29, 0.717) is 6.04 Å². The predicted molar refractivity (Wildman–Crippen MR) is 74.2 cm³/mol. The molecule has 0 radical (unpaired) electrons. The Morgan fingerprint density at radius 3 is 2.41 bits per heavy atom. The molecular weight excluding hydrogens is 208 g/mol. The number of rotatable bonds is 4. The molecule has 0 bridgehead atoms. The lowest BCUT2D eigenvalue weighted by atomic mass is 9.78. The molecule has 1 saturated heterocycles. The van der Waals surface area contributed by atoms with E-state index in [9.17, 15) is 0 Å². The first-order valence-electron chi connectivity index (χ1n) is 7.62. The van der Waals surface area contributed by atoms with Crippen molar-refractivity contribution >= 4 is 0 Å². The van der Waals surface area contributed by atoms with Crippen LogP contribution in [0.3, 0.4) is 0 Å². The first kappa shape index (κ1) is 13.4. The van der Waals surface area contributed by atoms with Crippen molar-refractivity contribution in [2.45, 2.75) is 71.5 Å². The van der Waals surface area contributed by atoms with Gasteiger partial charge in [-0.1, -0.05) is 27.2 Å². The van der Waals surface area contributed by atoms with Crippen LogP contribution < -0.4 is 5.32 Å². The minimum atomic E-state index is 0.715. The summed E-state index contributed by atoms with van der Waals surface area (Å²) in [6.45, 7) is 12.0. The lowest BCUT2D eigenvalue weighted by molar-refractivity contribution is 0.0176. The number of hydrogen-bond acceptors (Lipinski definition) is 2. The molecule has 1 aliphatic heterocycles. The minimum absolute atomic E-state index is 0.715. The number of piperazine rings is 1. The van der Waals surface area contributed by atoms with Gasteiger partial charge in [0.25, 0.3) is 0 Å². The van der Waals surface area contributed by atoms with Crippen LogP contribution in [0.15, 0.2) is 0 Å². The molecular formula is C15H30N2. The summed E-state index contributed by atoms with van der Waals surface area (Å²) in [6, 6.07) is 2.26. The van der Waals surface area contributed by atoms with E-state index in [2.05, 4.69) is 37.9 Å². The summed E-state index contributed by atoms with van der Waals surface area (Å²) in [4.78, 5) is 2.82. The third-order valence-corrected chi connectivity index (χ3v) is 5.09. The second-order valence-electron chi connectivity index (χ2n) is 6.45. The van der Waals surface area contributed by atoms with Crippen molar-refractivity contribution in [2.24, 2.45) is 11.8 Å². The highest BCUT2D eigenvalue weighted by atomic mass is 15.3. The molecule has 2 fully saturated rings. The van der Waals surface area contributed by atoms with E-state index < -0.39 is 0 Å². The van der Waals surface area contributed by atoms with Crippen LogP contribution in [0.2, 0.25) is 0 Å². The van der Waals surface area contributed by atoms with Crippen molar-refractivity contribution in [3.63, 3.8) is 0 Å². The summed E-state index contributed by atoms with van der Waals surface area (Å²) >= 11 is 0. The van der Waals surface area contributed by atoms with Crippen LogP contribution in [0.4, 0.5) is 0 Å². The van der Waals surface area contributed by atoms with Crippen molar-refractivity contribution in [3.05, 3.63) is 0 Å². The number of hydrogen-bond donors (Lipinski definition) is 1. The number of nitrogens with one attached hydrogen (secondary N) is 1. The Bertz CT molecular complexity index is 235. The highest BCUT2D eigenvalue weighted by Gasteiger charge is 2.36. The van der Waals surface area contributed by atoms with Crippen molar-refractivity contribution in [2.75, 3.05) is 13.1 Å². The van der Waals surface area contributed by atoms with Crippen LogP contribution in [0.5, 0.6) is 0 Å². The van der Waals surface area contributed by atoms with Crippen molar-refractivity contribution in [3.8, 4) is 0 Å². The molecule has 17 heavy (non-hydrogen) atoms. The molecule has 100 valence electrons. The fourth-order valence-electron chi connectivity index (χ4n) is 3.41. The smallest absolute Gasteiger partial charge is 0.0247 e. The van der Waals surface area contributed by atoms with E-state index in [4.69, 9.17) is 0 Å². The van der Waals surface area contributed by atoms with Crippen LogP contribution in [0.25, 0.3) is 0 Å². The van der Waals surface area contributed by atoms with Gasteiger partial charge in [0.1, 0.15) is 0 Å². The molecule has 0 spiro atoms. The maximum absolute atomic E-state index is 3.72. The van der Waals surface area contributed by atoms with Gasteiger partial charge in [0.15, 0.2) is 0 Å². The Morgan fingerprint density at radius 2 is 1.94 bits per heavy atom. The maximum atomic E-state index is 3.72. The molecule has 2 heteroatoms. The summed E-state index contributed by atoms with van der Waals surface area (Å²) in [6.07, 6.45) is 5.66. The zero-order valence-corrected chi connectivity index (χ0v) is 12.1. The Kier molecular flexibility index (Phi) is 4.48. The Hall–Kier alpha value is -0.0800. The van der Waals surface area contributed by atoms with E-state index in [1.54, 1.807) is 0 Å². The average molecular weight is 238 g/mol. The molecule has 2 aliphatic rings. The molecule has 3 atom stereocenters. The second-order valence-corrected chi connectivity index (χ2v) is 6.45. The zero-order valence-electron chi connectivity index (χ0n) is 12.1. The molecule has 1 aliphatic carbocycles. The monoisotopic (exact) mass is 238 g/mol. The van der Waals surface area contributed by atoms with Crippen molar-refractivity contribution < 1.29 is 0 Å². The first-order valence-corrected chi connectivity index (χ1v) is 7.62. The topological polar surface area (TPSA) is 15.3 Å². The molecule has 3 unspecified atom stereocenters. The first-order chi connectivity index (χ1) is 8.13. The van der Waals surface area contributed by atoms with Gasteiger partial charge in [-0.05, 0) is 38.0 Å². The third kappa shape index (κ3) is 2.85. The lowest BCUT2D eigenvalue weighted by Gasteiger charge is -2.49. The van der Waals surface area contributed by atoms with Gasteiger partial charge >= 0.3 is 0 Å². The van der Waals surface area contributed by atoms with Crippen LogP contribution in [-0.2, 0) is 0 Å². The van der Waals surface area contributed by atoms with E-state index in [0.717, 1.165) is 23.9 Å². The fourth-order valence-corrected chi connectivity index (χ4v) is 3.41. The Labute approximate surface area is 107 Å². The summed E-state index contributed by atoms with van der Waals surface area (Å²) in [7, 11) is 0. The molecule has 0 aromatic rings. The van der Waals surface area contributed by atoms with Crippen molar-refractivity contribution in [1.82, 2.24) is 10.2 Å². The summed E-state index contributed by atoms with van der Waals surface area (Å²) in [5, 5.41) is 3.72. The average Bonchev–Trinajstić information content (AvgIpc) is 2.25. The summed E-state index contributed by atoms with van der Waals surface area (Å²) in [5.74, 6) is 1.75. The maximum Gasteiger partial charge on any atom is 0.0247 e. The van der Waals surface area contributed by atoms with E-state index in [1.807, 2.05) is 0 Å². The van der Waals surface area contributed by atoms with E-state index >= 15 is 0 Å². The molecule has 1 heterocycles. The molecule has 1 N–H and O–H groups in total. The Balaban J connectivity index is 2.01. The van der Waals surface area contributed by atoms with E-state index in [1.165, 1.54) is 38.8 Å². The normalized spacial score (nSPS) is 33.7. The molecule has 0 amide bonds. The number of nitrogens with zero attached hydrogens (tertiary/aromatic N) is 1. The van der Waals surface area contributed by atoms with Crippen LogP contribution >= 0.6 is 0 Å². The summed E-state index contributed by atoms with van der Waals surface area (Å²) in [5.41, 5.74) is 0. The predicted octanol–water partition coefficient (Wildman–Crippen LogP) is 2.88. The van der Waals surface area contributed by atoms with Gasteiger partial charge in [-0.2, -0.15) is 0 Å². The van der Waals surface area contributed by atoms with E-state index in [-0.39, 0.29) is 0 Å². The quantitative estimate of drug-likeness (QED) is 0.810. The van der Waals surface area contributed by atoms with Crippen LogP contribution in [0, 0.1) is 11.8 Å². The van der Waals surface area contributed by atoms with Crippen LogP contribution in [0.1, 0.15) is 53.4 Å². The van der Waals surface area contributed by atoms with Gasteiger partial charge in [-0.3, -0.25) is 4.90 Å². The molecule has 2 nitrogen and oxygen atoms in total. The molecule has 0 aromatic heterocycles. The highest BCUT2D eigenvalue weighted by Crippen LogP contribution is 2.34. The van der Waals surface area contributed by atoms with Gasteiger partial charge in [-0.25, -0.2) is 0 Å². The van der Waals surface area contributed by atoms with Crippen molar-refractivity contribution in [1.29, 1.82) is 0 Å². The lowest BCUT2D eigenvalue weighted by Crippen LogP contribution is -2.62. The van der Waals surface area contributed by atoms with Gasteiger partial charge < -0.3 is 5.32 Å². The molecule has 0 aromatic carbocycles. The van der Waals surface area contributed by atoms with Gasteiger partial charge in [-0.15, -0.1) is 0 Å². The second kappa shape index (κ2) is 5.71. The standard InChI is InChI=1S/C15H30N2/c1-5-14-10-17(12(4)13-7-6-8-13)15(9-16-14)11(2)3/h11-16H,5-10H2,1-4H3. The molecule has 1 saturated carbocycles. The van der Waals surface area contributed by atoms with Gasteiger partial charge in [0, 0.05) is 31.2 Å². The minimum Gasteiger partial charge on any atom is -0.311 e. The fraction of sp³-hybridized carbons (Fsp3) is 1.00. The largest absolute Gasteiger partial charge is 0.311 e. The third-order valence-electron chi connectivity index (χ3n) is 5.09. The summed E-state index contributed by atoms with van der Waals surface area (Å²) < 4.78 is 0. The SMILES string of the molecule is CCC1CN(C(C)C2CCC2)C(C(C)C)CN1. The van der Waals surface area contributed by atoms with Gasteiger partial charge in [0.05, 0.1) is 0 Å². The highest BCUT2D eigenvalue weighted by molar-refractivity contribution is 4.93. The van der Waals surface area contributed by atoms with Gasteiger partial charge in [0.2, 0.25) is 0 Å². The molecule has 2 rings (SSSR count). The zero-order chi connectivity index (χ0) is 12.4.